The quantitative estimate of drug-likeness (QED) is 0.793. The van der Waals surface area contributed by atoms with E-state index in [1.807, 2.05) is 18.2 Å². The van der Waals surface area contributed by atoms with Crippen LogP contribution in [0.5, 0.6) is 5.75 Å². The first-order chi connectivity index (χ1) is 10.7. The lowest BCUT2D eigenvalue weighted by molar-refractivity contribution is -0.118. The van der Waals surface area contributed by atoms with Crippen molar-refractivity contribution in [3.05, 3.63) is 54.6 Å². The standard InChI is InChI=1S/C16H17N3O3/c1-17-16(21)19-13-7-5-6-12(10-13)18-15(20)11-22-14-8-3-2-4-9-14/h2-10H,11H2,1H3,(H,18,20)(H2,17,19,21). The summed E-state index contributed by atoms with van der Waals surface area (Å²) in [7, 11) is 1.53. The van der Waals surface area contributed by atoms with Crippen molar-refractivity contribution in [2.45, 2.75) is 0 Å². The molecule has 2 aromatic carbocycles. The lowest BCUT2D eigenvalue weighted by Crippen LogP contribution is -2.24. The first kappa shape index (κ1) is 15.4. The van der Waals surface area contributed by atoms with Gasteiger partial charge in [-0.2, -0.15) is 0 Å². The average molecular weight is 299 g/mol. The normalized spacial score (nSPS) is 9.68. The Morgan fingerprint density at radius 1 is 0.955 bits per heavy atom. The van der Waals surface area contributed by atoms with Gasteiger partial charge in [0, 0.05) is 18.4 Å². The molecule has 114 valence electrons. The van der Waals surface area contributed by atoms with Crippen LogP contribution in [0.4, 0.5) is 16.2 Å². The van der Waals surface area contributed by atoms with Gasteiger partial charge in [-0.1, -0.05) is 24.3 Å². The van der Waals surface area contributed by atoms with E-state index in [0.717, 1.165) is 0 Å². The monoisotopic (exact) mass is 299 g/mol. The molecule has 22 heavy (non-hydrogen) atoms. The van der Waals surface area contributed by atoms with E-state index in [-0.39, 0.29) is 18.5 Å². The van der Waals surface area contributed by atoms with Crippen molar-refractivity contribution >= 4 is 23.3 Å². The molecule has 6 nitrogen and oxygen atoms in total. The zero-order valence-electron chi connectivity index (χ0n) is 12.1. The predicted molar refractivity (Wildman–Crippen MR) is 85.1 cm³/mol. The van der Waals surface area contributed by atoms with Crippen LogP contribution in [0, 0.1) is 0 Å². The fraction of sp³-hybridized carbons (Fsp3) is 0.125. The second-order valence-electron chi connectivity index (χ2n) is 4.43. The molecule has 0 fully saturated rings. The highest BCUT2D eigenvalue weighted by molar-refractivity contribution is 5.94. The summed E-state index contributed by atoms with van der Waals surface area (Å²) in [5.41, 5.74) is 1.16. The van der Waals surface area contributed by atoms with Gasteiger partial charge in [0.1, 0.15) is 5.75 Å². The van der Waals surface area contributed by atoms with Crippen molar-refractivity contribution in [2.75, 3.05) is 24.3 Å². The molecule has 2 aromatic rings. The number of anilines is 2. The fourth-order valence-electron chi connectivity index (χ4n) is 1.73. The van der Waals surface area contributed by atoms with Gasteiger partial charge in [-0.15, -0.1) is 0 Å². The maximum atomic E-state index is 11.8. The van der Waals surface area contributed by atoms with Crippen molar-refractivity contribution in [3.63, 3.8) is 0 Å². The minimum atomic E-state index is -0.323. The minimum absolute atomic E-state index is 0.0862. The van der Waals surface area contributed by atoms with Crippen molar-refractivity contribution in [3.8, 4) is 5.75 Å². The van der Waals surface area contributed by atoms with E-state index in [2.05, 4.69) is 16.0 Å². The molecule has 0 aliphatic rings. The fourth-order valence-corrected chi connectivity index (χ4v) is 1.73. The zero-order valence-corrected chi connectivity index (χ0v) is 12.1. The third-order valence-electron chi connectivity index (χ3n) is 2.74. The van der Waals surface area contributed by atoms with Gasteiger partial charge in [0.2, 0.25) is 0 Å². The predicted octanol–water partition coefficient (Wildman–Crippen LogP) is 2.46. The SMILES string of the molecule is CNC(=O)Nc1cccc(NC(=O)COc2ccccc2)c1. The van der Waals surface area contributed by atoms with Crippen molar-refractivity contribution in [2.24, 2.45) is 0 Å². The Morgan fingerprint density at radius 2 is 1.64 bits per heavy atom. The molecule has 0 spiro atoms. The van der Waals surface area contributed by atoms with Crippen molar-refractivity contribution in [1.29, 1.82) is 0 Å². The minimum Gasteiger partial charge on any atom is -0.484 e. The Morgan fingerprint density at radius 3 is 2.32 bits per heavy atom. The Hall–Kier alpha value is -3.02. The van der Waals surface area contributed by atoms with Crippen molar-refractivity contribution in [1.82, 2.24) is 5.32 Å². The molecule has 0 heterocycles. The summed E-state index contributed by atoms with van der Waals surface area (Å²) in [6.45, 7) is -0.0862. The highest BCUT2D eigenvalue weighted by Gasteiger charge is 2.05. The molecule has 0 aliphatic carbocycles. The maximum Gasteiger partial charge on any atom is 0.318 e. The highest BCUT2D eigenvalue weighted by atomic mass is 16.5. The van der Waals surface area contributed by atoms with Gasteiger partial charge >= 0.3 is 6.03 Å². The smallest absolute Gasteiger partial charge is 0.318 e. The third kappa shape index (κ3) is 4.82. The van der Waals surface area contributed by atoms with Crippen LogP contribution in [0.2, 0.25) is 0 Å². The number of nitrogens with one attached hydrogen (secondary N) is 3. The Labute approximate surface area is 128 Å². The maximum absolute atomic E-state index is 11.8. The van der Waals surface area contributed by atoms with Crippen LogP contribution in [0.1, 0.15) is 0 Å². The number of para-hydroxylation sites is 1. The van der Waals surface area contributed by atoms with E-state index in [1.165, 1.54) is 7.05 Å². The second kappa shape index (κ2) is 7.68. The first-order valence-corrected chi connectivity index (χ1v) is 6.74. The lowest BCUT2D eigenvalue weighted by atomic mass is 10.2. The summed E-state index contributed by atoms with van der Waals surface area (Å²) in [6.07, 6.45) is 0. The first-order valence-electron chi connectivity index (χ1n) is 6.74. The number of carbonyl (C=O) groups is 2. The van der Waals surface area contributed by atoms with E-state index in [4.69, 9.17) is 4.74 Å². The number of carbonyl (C=O) groups excluding carboxylic acids is 2. The molecular weight excluding hydrogens is 282 g/mol. The van der Waals surface area contributed by atoms with E-state index in [9.17, 15) is 9.59 Å². The lowest BCUT2D eigenvalue weighted by Gasteiger charge is -2.09. The number of hydrogen-bond donors (Lipinski definition) is 3. The van der Waals surface area contributed by atoms with Crippen LogP contribution in [0.25, 0.3) is 0 Å². The molecule has 3 N–H and O–H groups in total. The Balaban J connectivity index is 1.88. The molecule has 0 saturated carbocycles. The largest absolute Gasteiger partial charge is 0.484 e. The molecule has 0 saturated heterocycles. The van der Waals surface area contributed by atoms with E-state index in [1.54, 1.807) is 36.4 Å². The number of hydrogen-bond acceptors (Lipinski definition) is 3. The summed E-state index contributed by atoms with van der Waals surface area (Å²) in [6, 6.07) is 15.6. The van der Waals surface area contributed by atoms with E-state index in [0.29, 0.717) is 17.1 Å². The van der Waals surface area contributed by atoms with Crippen LogP contribution in [0.15, 0.2) is 54.6 Å². The molecule has 0 radical (unpaired) electrons. The van der Waals surface area contributed by atoms with Gasteiger partial charge in [0.15, 0.2) is 6.61 Å². The zero-order chi connectivity index (χ0) is 15.8. The molecule has 0 atom stereocenters. The Kier molecular flexibility index (Phi) is 5.37. The number of benzene rings is 2. The van der Waals surface area contributed by atoms with Crippen LogP contribution < -0.4 is 20.7 Å². The van der Waals surface area contributed by atoms with Crippen LogP contribution in [-0.2, 0) is 4.79 Å². The van der Waals surface area contributed by atoms with Crippen LogP contribution in [-0.4, -0.2) is 25.6 Å². The number of amides is 3. The van der Waals surface area contributed by atoms with Gasteiger partial charge in [0.25, 0.3) is 5.91 Å². The summed E-state index contributed by atoms with van der Waals surface area (Å²) >= 11 is 0. The molecule has 2 rings (SSSR count). The average Bonchev–Trinajstić information content (AvgIpc) is 2.54. The van der Waals surface area contributed by atoms with Gasteiger partial charge in [-0.05, 0) is 30.3 Å². The van der Waals surface area contributed by atoms with Gasteiger partial charge in [0.05, 0.1) is 0 Å². The number of urea groups is 1. The van der Waals surface area contributed by atoms with Crippen LogP contribution in [0.3, 0.4) is 0 Å². The van der Waals surface area contributed by atoms with Crippen molar-refractivity contribution < 1.29 is 14.3 Å². The molecule has 0 bridgehead atoms. The van der Waals surface area contributed by atoms with Gasteiger partial charge in [-0.3, -0.25) is 4.79 Å². The summed E-state index contributed by atoms with van der Waals surface area (Å²) in [4.78, 5) is 23.1. The summed E-state index contributed by atoms with van der Waals surface area (Å²) in [5, 5.41) is 7.79. The molecule has 0 aromatic heterocycles. The third-order valence-corrected chi connectivity index (χ3v) is 2.74. The summed E-state index contributed by atoms with van der Waals surface area (Å²) < 4.78 is 5.36. The van der Waals surface area contributed by atoms with Crippen LogP contribution >= 0.6 is 0 Å². The van der Waals surface area contributed by atoms with Gasteiger partial charge < -0.3 is 20.7 Å². The molecule has 0 aliphatic heterocycles. The summed E-state index contributed by atoms with van der Waals surface area (Å²) in [5.74, 6) is 0.355. The second-order valence-corrected chi connectivity index (χ2v) is 4.43. The van der Waals surface area contributed by atoms with E-state index < -0.39 is 0 Å². The number of rotatable bonds is 5. The molecule has 6 heteroatoms. The Bertz CT molecular complexity index is 644. The molecule has 3 amide bonds. The van der Waals surface area contributed by atoms with Gasteiger partial charge in [-0.25, -0.2) is 4.79 Å². The highest BCUT2D eigenvalue weighted by Crippen LogP contribution is 2.15. The number of ether oxygens (including phenoxy) is 1. The van der Waals surface area contributed by atoms with E-state index >= 15 is 0 Å². The molecular formula is C16H17N3O3. The molecule has 0 unspecified atom stereocenters. The topological polar surface area (TPSA) is 79.5 Å².